The Balaban J connectivity index is 2.51. The van der Waals surface area contributed by atoms with E-state index in [4.69, 9.17) is 0 Å². The van der Waals surface area contributed by atoms with E-state index >= 15 is 0 Å². The molecule has 1 aliphatic rings. The van der Waals surface area contributed by atoms with E-state index in [0.717, 1.165) is 11.4 Å². The molecule has 0 saturated heterocycles. The molecule has 1 aromatic heterocycles. The molecule has 0 aliphatic carbocycles. The zero-order valence-electron chi connectivity index (χ0n) is 8.78. The fraction of sp³-hybridized carbons (Fsp3) is 0.455. The zero-order chi connectivity index (χ0) is 11.1. The van der Waals surface area contributed by atoms with Crippen LogP contribution in [0.5, 0.6) is 0 Å². The number of hydrogen-bond donors (Lipinski definition) is 1. The van der Waals surface area contributed by atoms with Crippen LogP contribution in [0.4, 0.5) is 5.00 Å². The number of hydrogen-bond acceptors (Lipinski definition) is 4. The highest BCUT2D eigenvalue weighted by Gasteiger charge is 2.42. The second-order valence-corrected chi connectivity index (χ2v) is 4.67. The monoisotopic (exact) mass is 223 g/mol. The Kier molecular flexibility index (Phi) is 2.48. The van der Waals surface area contributed by atoms with E-state index in [1.807, 2.05) is 12.3 Å². The van der Waals surface area contributed by atoms with E-state index < -0.39 is 5.60 Å². The lowest BCUT2D eigenvalue weighted by Crippen LogP contribution is -2.46. The molecule has 0 aromatic carbocycles. The lowest BCUT2D eigenvalue weighted by molar-refractivity contribution is 0.0559. The molecule has 0 fully saturated rings. The number of fused-ring (bicyclic) bond motifs is 1. The quantitative estimate of drug-likeness (QED) is 0.837. The van der Waals surface area contributed by atoms with Crippen LogP contribution in [-0.2, 0) is 0 Å². The first kappa shape index (κ1) is 10.5. The third-order valence-corrected chi connectivity index (χ3v) is 3.55. The minimum Gasteiger partial charge on any atom is -0.376 e. The highest BCUT2D eigenvalue weighted by molar-refractivity contribution is 7.14. The summed E-state index contributed by atoms with van der Waals surface area (Å²) in [5.74, 6) is -0.201. The number of carbonyl (C=O) groups excluding carboxylic acids is 1. The molecule has 1 atom stereocenters. The summed E-state index contributed by atoms with van der Waals surface area (Å²) in [6.07, 6.45) is 1.20. The van der Waals surface area contributed by atoms with Crippen LogP contribution in [0.25, 0.3) is 0 Å². The minimum absolute atomic E-state index is 0.201. The molecule has 1 aromatic rings. The van der Waals surface area contributed by atoms with E-state index in [0.29, 0.717) is 17.7 Å². The third-order valence-electron chi connectivity index (χ3n) is 2.74. The van der Waals surface area contributed by atoms with Crippen molar-refractivity contribution in [1.29, 1.82) is 0 Å². The van der Waals surface area contributed by atoms with Gasteiger partial charge >= 0.3 is 0 Å². The van der Waals surface area contributed by atoms with Crippen molar-refractivity contribution in [3.63, 3.8) is 0 Å². The van der Waals surface area contributed by atoms with Crippen LogP contribution < -0.4 is 0 Å². The topological polar surface area (TPSA) is 49.7 Å². The second-order valence-electron chi connectivity index (χ2n) is 3.78. The fourth-order valence-electron chi connectivity index (χ4n) is 1.85. The summed E-state index contributed by atoms with van der Waals surface area (Å²) in [6.45, 7) is 3.66. The van der Waals surface area contributed by atoms with Crippen molar-refractivity contribution in [2.24, 2.45) is 4.99 Å². The Morgan fingerprint density at radius 2 is 2.33 bits per heavy atom. The average molecular weight is 223 g/mol. The van der Waals surface area contributed by atoms with Gasteiger partial charge < -0.3 is 5.11 Å². The summed E-state index contributed by atoms with van der Waals surface area (Å²) >= 11 is 1.43. The lowest BCUT2D eigenvalue weighted by atomic mass is 9.84. The van der Waals surface area contributed by atoms with Gasteiger partial charge in [0, 0.05) is 0 Å². The molecule has 0 saturated carbocycles. The molecule has 0 amide bonds. The molecule has 15 heavy (non-hydrogen) atoms. The first-order chi connectivity index (χ1) is 7.09. The standard InChI is InChI=1S/C11H13NO2S/c1-3-5-11(14)7(2)12-10-8(9(11)13)4-6-15-10/h4,6,14H,3,5H2,1-2H3. The van der Waals surface area contributed by atoms with Crippen molar-refractivity contribution in [3.8, 4) is 0 Å². The molecule has 1 unspecified atom stereocenters. The number of carbonyl (C=O) groups is 1. The van der Waals surface area contributed by atoms with E-state index in [1.54, 1.807) is 13.0 Å². The van der Waals surface area contributed by atoms with E-state index in [2.05, 4.69) is 4.99 Å². The maximum Gasteiger partial charge on any atom is 0.203 e. The summed E-state index contributed by atoms with van der Waals surface area (Å²) in [4.78, 5) is 16.4. The number of rotatable bonds is 2. The van der Waals surface area contributed by atoms with Crippen LogP contribution in [-0.4, -0.2) is 22.2 Å². The number of nitrogens with zero attached hydrogens (tertiary/aromatic N) is 1. The maximum absolute atomic E-state index is 12.1. The Morgan fingerprint density at radius 3 is 3.00 bits per heavy atom. The Hall–Kier alpha value is -1.00. The lowest BCUT2D eigenvalue weighted by Gasteiger charge is -2.28. The number of Topliss-reactive ketones (excluding diaryl/α,β-unsaturated/α-hetero) is 1. The molecule has 80 valence electrons. The summed E-state index contributed by atoms with van der Waals surface area (Å²) < 4.78 is 0. The molecule has 0 bridgehead atoms. The van der Waals surface area contributed by atoms with Gasteiger partial charge in [0.05, 0.1) is 11.3 Å². The van der Waals surface area contributed by atoms with Gasteiger partial charge in [-0.1, -0.05) is 13.3 Å². The molecule has 2 heterocycles. The normalized spacial score (nSPS) is 25.0. The highest BCUT2D eigenvalue weighted by atomic mass is 32.1. The van der Waals surface area contributed by atoms with Gasteiger partial charge in [0.2, 0.25) is 5.78 Å². The number of aliphatic hydroxyl groups is 1. The SMILES string of the molecule is CCCC1(O)C(=O)c2ccsc2N=C1C. The molecule has 2 rings (SSSR count). The molecular formula is C11H13NO2S. The van der Waals surface area contributed by atoms with Gasteiger partial charge in [-0.05, 0) is 24.8 Å². The molecule has 0 spiro atoms. The van der Waals surface area contributed by atoms with Crippen LogP contribution in [0.3, 0.4) is 0 Å². The van der Waals surface area contributed by atoms with Crippen LogP contribution in [0.2, 0.25) is 0 Å². The van der Waals surface area contributed by atoms with E-state index in [1.165, 1.54) is 11.3 Å². The average Bonchev–Trinajstić information content (AvgIpc) is 2.63. The van der Waals surface area contributed by atoms with Crippen molar-refractivity contribution in [1.82, 2.24) is 0 Å². The summed E-state index contributed by atoms with van der Waals surface area (Å²) in [5.41, 5.74) is -0.297. The van der Waals surface area contributed by atoms with E-state index in [-0.39, 0.29) is 5.78 Å². The maximum atomic E-state index is 12.1. The van der Waals surface area contributed by atoms with Crippen LogP contribution >= 0.6 is 11.3 Å². The highest BCUT2D eigenvalue weighted by Crippen LogP contribution is 2.36. The van der Waals surface area contributed by atoms with Gasteiger partial charge in [0.15, 0.2) is 5.60 Å². The van der Waals surface area contributed by atoms with Crippen molar-refractivity contribution in [2.75, 3.05) is 0 Å². The largest absolute Gasteiger partial charge is 0.376 e. The molecular weight excluding hydrogens is 210 g/mol. The summed E-state index contributed by atoms with van der Waals surface area (Å²) in [7, 11) is 0. The molecule has 4 heteroatoms. The predicted molar refractivity (Wildman–Crippen MR) is 61.3 cm³/mol. The van der Waals surface area contributed by atoms with Crippen molar-refractivity contribution in [2.45, 2.75) is 32.3 Å². The third kappa shape index (κ3) is 1.44. The predicted octanol–water partition coefficient (Wildman–Crippen LogP) is 2.57. The Morgan fingerprint density at radius 1 is 1.60 bits per heavy atom. The van der Waals surface area contributed by atoms with Gasteiger partial charge in [-0.25, -0.2) is 4.99 Å². The van der Waals surface area contributed by atoms with Crippen molar-refractivity contribution < 1.29 is 9.90 Å². The smallest absolute Gasteiger partial charge is 0.203 e. The summed E-state index contributed by atoms with van der Waals surface area (Å²) in [6, 6.07) is 1.74. The number of aliphatic imine (C=N–C) groups is 1. The van der Waals surface area contributed by atoms with E-state index in [9.17, 15) is 9.90 Å². The second kappa shape index (κ2) is 3.54. The first-order valence-electron chi connectivity index (χ1n) is 5.00. The molecule has 3 nitrogen and oxygen atoms in total. The Labute approximate surface area is 92.5 Å². The zero-order valence-corrected chi connectivity index (χ0v) is 9.60. The van der Waals surface area contributed by atoms with Crippen LogP contribution in [0.15, 0.2) is 16.4 Å². The van der Waals surface area contributed by atoms with Gasteiger partial charge in [0.25, 0.3) is 0 Å². The van der Waals surface area contributed by atoms with Crippen molar-refractivity contribution >= 4 is 27.8 Å². The Bertz CT molecular complexity index is 436. The molecule has 1 N–H and O–H groups in total. The van der Waals surface area contributed by atoms with Crippen LogP contribution in [0.1, 0.15) is 37.0 Å². The van der Waals surface area contributed by atoms with Gasteiger partial charge in [0.1, 0.15) is 5.00 Å². The van der Waals surface area contributed by atoms with Gasteiger partial charge in [-0.15, -0.1) is 11.3 Å². The first-order valence-corrected chi connectivity index (χ1v) is 5.88. The minimum atomic E-state index is -1.37. The molecule has 0 radical (unpaired) electrons. The van der Waals surface area contributed by atoms with Gasteiger partial charge in [-0.2, -0.15) is 0 Å². The van der Waals surface area contributed by atoms with Gasteiger partial charge in [-0.3, -0.25) is 4.79 Å². The van der Waals surface area contributed by atoms with Crippen LogP contribution in [0, 0.1) is 0 Å². The fourth-order valence-corrected chi connectivity index (χ4v) is 2.66. The van der Waals surface area contributed by atoms with Crippen molar-refractivity contribution in [3.05, 3.63) is 17.0 Å². The summed E-state index contributed by atoms with van der Waals surface area (Å²) in [5, 5.41) is 12.8. The number of thiophene rings is 1. The number of ketones is 1. The molecule has 1 aliphatic heterocycles.